The molecule has 2 nitrogen and oxygen atoms in total. The first-order valence-corrected chi connectivity index (χ1v) is 13.0. The summed E-state index contributed by atoms with van der Waals surface area (Å²) in [6.45, 7) is 4.49. The van der Waals surface area contributed by atoms with Crippen molar-refractivity contribution in [1.82, 2.24) is 0 Å². The fraction of sp³-hybridized carbons (Fsp3) is 0.250. The van der Waals surface area contributed by atoms with Gasteiger partial charge in [0, 0.05) is 0 Å². The van der Waals surface area contributed by atoms with Gasteiger partial charge in [0.05, 0.1) is 0 Å². The zero-order chi connectivity index (χ0) is 10.4. The van der Waals surface area contributed by atoms with Gasteiger partial charge in [-0.2, -0.15) is 0 Å². The molecule has 0 N–H and O–H groups in total. The standard InChI is InChI=1S/C8H18O2Si4/c1-12-10-13-14(2,9-11)8-6-4-3-5-7-8/h3-7H,12-13H2,1-2,11H3. The Balaban J connectivity index is 2.79. The summed E-state index contributed by atoms with van der Waals surface area (Å²) in [5, 5.41) is 1.41. The average molecular weight is 259 g/mol. The molecule has 0 saturated heterocycles. The van der Waals surface area contributed by atoms with Crippen molar-refractivity contribution in [3.05, 3.63) is 30.3 Å². The zero-order valence-electron chi connectivity index (χ0n) is 9.12. The minimum atomic E-state index is -1.61. The van der Waals surface area contributed by atoms with Crippen LogP contribution in [0.1, 0.15) is 0 Å². The van der Waals surface area contributed by atoms with Gasteiger partial charge in [-0.15, -0.1) is 0 Å². The van der Waals surface area contributed by atoms with Crippen LogP contribution in [0.4, 0.5) is 0 Å². The fourth-order valence-corrected chi connectivity index (χ4v) is 13.8. The Labute approximate surface area is 94.4 Å². The van der Waals surface area contributed by atoms with Crippen LogP contribution < -0.4 is 5.19 Å². The van der Waals surface area contributed by atoms with Crippen molar-refractivity contribution in [3.8, 4) is 0 Å². The van der Waals surface area contributed by atoms with E-state index in [1.54, 1.807) is 0 Å². The Morgan fingerprint density at radius 3 is 2.43 bits per heavy atom. The summed E-state index contributed by atoms with van der Waals surface area (Å²) in [5.41, 5.74) is 0. The third-order valence-electron chi connectivity index (χ3n) is 2.42. The second-order valence-electron chi connectivity index (χ2n) is 3.44. The van der Waals surface area contributed by atoms with Crippen LogP contribution in [-0.2, 0) is 8.23 Å². The van der Waals surface area contributed by atoms with E-state index in [0.717, 1.165) is 10.5 Å². The van der Waals surface area contributed by atoms with Gasteiger partial charge < -0.3 is 8.23 Å². The molecule has 0 fully saturated rings. The van der Waals surface area contributed by atoms with Crippen molar-refractivity contribution in [1.29, 1.82) is 0 Å². The molecule has 0 radical (unpaired) electrons. The molecule has 6 heteroatoms. The summed E-state index contributed by atoms with van der Waals surface area (Å²) >= 11 is 0. The van der Waals surface area contributed by atoms with E-state index in [1.807, 2.05) is 0 Å². The highest BCUT2D eigenvalue weighted by Gasteiger charge is 2.30. The minimum absolute atomic E-state index is 0.248. The maximum atomic E-state index is 5.86. The summed E-state index contributed by atoms with van der Waals surface area (Å²) < 4.78 is 11.6. The molecule has 0 aliphatic heterocycles. The molecule has 0 aliphatic rings. The second kappa shape index (κ2) is 5.78. The molecular formula is C8H18O2Si4. The molecule has 0 aliphatic carbocycles. The average Bonchev–Trinajstić information content (AvgIpc) is 2.27. The quantitative estimate of drug-likeness (QED) is 0.598. The molecular weight excluding hydrogens is 240 g/mol. The summed E-state index contributed by atoms with van der Waals surface area (Å²) in [6, 6.07) is 10.6. The van der Waals surface area contributed by atoms with Crippen LogP contribution in [0.5, 0.6) is 0 Å². The van der Waals surface area contributed by atoms with Crippen LogP contribution in [0.25, 0.3) is 0 Å². The van der Waals surface area contributed by atoms with E-state index in [4.69, 9.17) is 8.23 Å². The largest absolute Gasteiger partial charge is 0.465 e. The first-order chi connectivity index (χ1) is 6.73. The van der Waals surface area contributed by atoms with E-state index < -0.39 is 17.1 Å². The molecule has 0 bridgehead atoms. The van der Waals surface area contributed by atoms with Crippen LogP contribution in [0, 0.1) is 0 Å². The highest BCUT2D eigenvalue weighted by atomic mass is 29.2. The molecule has 14 heavy (non-hydrogen) atoms. The van der Waals surface area contributed by atoms with E-state index in [-0.39, 0.29) is 9.76 Å². The summed E-state index contributed by atoms with van der Waals surface area (Å²) in [6.07, 6.45) is 0. The van der Waals surface area contributed by atoms with E-state index in [2.05, 4.69) is 43.4 Å². The Bertz CT molecular complexity index is 269. The maximum Gasteiger partial charge on any atom is 0.217 e. The van der Waals surface area contributed by atoms with Crippen molar-refractivity contribution in [2.75, 3.05) is 0 Å². The topological polar surface area (TPSA) is 18.5 Å². The van der Waals surface area contributed by atoms with Crippen LogP contribution in [0.15, 0.2) is 30.3 Å². The summed E-state index contributed by atoms with van der Waals surface area (Å²) in [7, 11) is -1.48. The molecule has 0 saturated carbocycles. The molecule has 1 aromatic carbocycles. The monoisotopic (exact) mass is 258 g/mol. The molecule has 0 aromatic heterocycles. The third-order valence-corrected chi connectivity index (χ3v) is 17.9. The van der Waals surface area contributed by atoms with Gasteiger partial charge in [-0.25, -0.2) is 0 Å². The van der Waals surface area contributed by atoms with Gasteiger partial charge in [0.15, 0.2) is 9.28 Å². The van der Waals surface area contributed by atoms with Gasteiger partial charge >= 0.3 is 0 Å². The van der Waals surface area contributed by atoms with Crippen LogP contribution in [0.3, 0.4) is 0 Å². The number of benzene rings is 1. The number of rotatable bonds is 5. The van der Waals surface area contributed by atoms with Gasteiger partial charge in [0.25, 0.3) is 0 Å². The van der Waals surface area contributed by atoms with Gasteiger partial charge in [-0.1, -0.05) is 36.9 Å². The third kappa shape index (κ3) is 3.00. The highest BCUT2D eigenvalue weighted by molar-refractivity contribution is 7.26. The second-order valence-corrected chi connectivity index (χ2v) is 15.5. The van der Waals surface area contributed by atoms with Gasteiger partial charge in [0.1, 0.15) is 20.2 Å². The highest BCUT2D eigenvalue weighted by Crippen LogP contribution is 2.02. The fourth-order valence-electron chi connectivity index (χ4n) is 1.35. The smallest absolute Gasteiger partial charge is 0.217 e. The van der Waals surface area contributed by atoms with E-state index in [1.165, 1.54) is 5.19 Å². The van der Waals surface area contributed by atoms with Crippen LogP contribution in [-0.4, -0.2) is 37.4 Å². The molecule has 1 aromatic rings. The lowest BCUT2D eigenvalue weighted by atomic mass is 10.4. The number of hydrogen-bond acceptors (Lipinski definition) is 2. The van der Waals surface area contributed by atoms with Crippen LogP contribution in [0.2, 0.25) is 13.1 Å². The minimum Gasteiger partial charge on any atom is -0.465 e. The first kappa shape index (κ1) is 12.1. The molecule has 0 heterocycles. The van der Waals surface area contributed by atoms with E-state index in [9.17, 15) is 0 Å². The predicted molar refractivity (Wildman–Crippen MR) is 72.8 cm³/mol. The van der Waals surface area contributed by atoms with Crippen molar-refractivity contribution in [3.63, 3.8) is 0 Å². The van der Waals surface area contributed by atoms with E-state index >= 15 is 0 Å². The molecule has 1 rings (SSSR count). The zero-order valence-corrected chi connectivity index (χ0v) is 14.9. The normalized spacial score (nSPS) is 17.0. The SMILES string of the molecule is C[SiH2]O[SiH2][Si](C)(O[SiH3])c1ccccc1. The summed E-state index contributed by atoms with van der Waals surface area (Å²) in [5.74, 6) is 0. The van der Waals surface area contributed by atoms with Crippen LogP contribution >= 0.6 is 0 Å². The Morgan fingerprint density at radius 1 is 1.29 bits per heavy atom. The van der Waals surface area contributed by atoms with Gasteiger partial charge in [-0.3, -0.25) is 0 Å². The van der Waals surface area contributed by atoms with Gasteiger partial charge in [-0.05, 0) is 11.7 Å². The lowest BCUT2D eigenvalue weighted by molar-refractivity contribution is 0.610. The Hall–Kier alpha value is 0.00753. The van der Waals surface area contributed by atoms with Crippen molar-refractivity contribution >= 4 is 42.6 Å². The predicted octanol–water partition coefficient (Wildman–Crippen LogP) is -1.51. The molecule has 0 amide bonds. The molecule has 1 unspecified atom stereocenters. The van der Waals surface area contributed by atoms with Crippen molar-refractivity contribution in [2.24, 2.45) is 0 Å². The van der Waals surface area contributed by atoms with Crippen molar-refractivity contribution < 1.29 is 8.23 Å². The van der Waals surface area contributed by atoms with Gasteiger partial charge in [0.2, 0.25) is 7.83 Å². The van der Waals surface area contributed by atoms with Crippen molar-refractivity contribution in [2.45, 2.75) is 13.1 Å². The summed E-state index contributed by atoms with van der Waals surface area (Å²) in [4.78, 5) is 0. The lowest BCUT2D eigenvalue weighted by Crippen LogP contribution is -2.54. The molecule has 78 valence electrons. The molecule has 0 spiro atoms. The lowest BCUT2D eigenvalue weighted by Gasteiger charge is -2.25. The maximum absolute atomic E-state index is 5.86. The Morgan fingerprint density at radius 2 is 1.93 bits per heavy atom. The first-order valence-electron chi connectivity index (χ1n) is 4.91. The Kier molecular flexibility index (Phi) is 4.99. The van der Waals surface area contributed by atoms with E-state index in [0.29, 0.717) is 0 Å². The number of hydrogen-bond donors (Lipinski definition) is 0. The molecule has 1 atom stereocenters.